The number of ether oxygens (including phenoxy) is 7. The average molecular weight is 598 g/mol. The molecule has 40 heavy (non-hydrogen) atoms. The van der Waals surface area contributed by atoms with Gasteiger partial charge in [-0.05, 0) is 19.8 Å². The summed E-state index contributed by atoms with van der Waals surface area (Å²) >= 11 is 0. The van der Waals surface area contributed by atoms with Crippen LogP contribution >= 0.6 is 7.82 Å². The van der Waals surface area contributed by atoms with E-state index >= 15 is 4.39 Å². The second-order valence-electron chi connectivity index (χ2n) is 9.06. The molecule has 2 aliphatic heterocycles. The Kier molecular flexibility index (Phi) is 8.70. The first-order chi connectivity index (χ1) is 18.9. The van der Waals surface area contributed by atoms with Crippen molar-refractivity contribution in [1.82, 2.24) is 9.55 Å². The zero-order chi connectivity index (χ0) is 29.2. The number of rotatable bonds is 10. The van der Waals surface area contributed by atoms with E-state index in [0.717, 1.165) is 43.9 Å². The van der Waals surface area contributed by atoms with Gasteiger partial charge in [-0.1, -0.05) is 0 Å². The van der Waals surface area contributed by atoms with E-state index in [2.05, 4.69) is 23.9 Å². The highest BCUT2D eigenvalue weighted by Gasteiger charge is 2.74. The van der Waals surface area contributed by atoms with Crippen LogP contribution in [0.15, 0.2) is 21.9 Å². The number of aromatic amines is 1. The number of halogens is 1. The molecule has 224 valence electrons. The van der Waals surface area contributed by atoms with Crippen LogP contribution in [-0.4, -0.2) is 79.6 Å². The summed E-state index contributed by atoms with van der Waals surface area (Å²) < 4.78 is 81.2. The van der Waals surface area contributed by atoms with Gasteiger partial charge in [0.25, 0.3) is 5.56 Å². The number of aromatic nitrogens is 2. The predicted molar refractivity (Wildman–Crippen MR) is 123 cm³/mol. The third-order valence-electron chi connectivity index (χ3n) is 6.49. The summed E-state index contributed by atoms with van der Waals surface area (Å²) in [5.41, 5.74) is -3.27. The van der Waals surface area contributed by atoms with Crippen LogP contribution in [0.1, 0.15) is 38.8 Å². The number of phosphoric ester groups is 1. The van der Waals surface area contributed by atoms with E-state index in [1.54, 1.807) is 0 Å². The fourth-order valence-corrected chi connectivity index (χ4v) is 5.94. The largest absolute Gasteiger partial charge is 0.510 e. The number of carbonyl (C=O) groups excluding carboxylic acids is 2. The summed E-state index contributed by atoms with van der Waals surface area (Å²) in [7, 11) is -3.06. The van der Waals surface area contributed by atoms with Crippen LogP contribution in [0.2, 0.25) is 0 Å². The minimum atomic E-state index is -5.06. The minimum Gasteiger partial charge on any atom is -0.438 e. The standard InChI is InChI=1S/C21H28FN2O15P/c1-19-14(36-20(38-19)7-4-5-8-20)21(10-22,37-15(19)24-9-6-13(25)23-16(24)26)39-40(29,34-11-32-17(27)30-2)35-12-33-18(28)31-3/h6,9,14-15H,4-5,7-8,10-12H2,1-3H3,(H,23,25,26)/t14-,15+,19+,21+/m0/s1. The molecule has 3 aliphatic rings. The number of nitrogens with one attached hydrogen (secondary N) is 1. The lowest BCUT2D eigenvalue weighted by molar-refractivity contribution is -0.294. The van der Waals surface area contributed by atoms with Gasteiger partial charge >= 0.3 is 25.8 Å². The topological polar surface area (TPSA) is 198 Å². The van der Waals surface area contributed by atoms with Gasteiger partial charge < -0.3 is 33.2 Å². The third kappa shape index (κ3) is 5.79. The number of hydrogen-bond acceptors (Lipinski definition) is 15. The van der Waals surface area contributed by atoms with Crippen LogP contribution < -0.4 is 11.2 Å². The van der Waals surface area contributed by atoms with Gasteiger partial charge in [0.1, 0.15) is 12.3 Å². The van der Waals surface area contributed by atoms with Crippen molar-refractivity contribution in [1.29, 1.82) is 0 Å². The van der Waals surface area contributed by atoms with Crippen molar-refractivity contribution in [3.63, 3.8) is 0 Å². The molecular formula is C21H28FN2O15P. The third-order valence-corrected chi connectivity index (χ3v) is 7.87. The summed E-state index contributed by atoms with van der Waals surface area (Å²) in [4.78, 5) is 49.1. The van der Waals surface area contributed by atoms with Crippen molar-refractivity contribution in [3.05, 3.63) is 33.1 Å². The molecule has 3 fully saturated rings. The summed E-state index contributed by atoms with van der Waals surface area (Å²) in [6.45, 7) is -2.22. The van der Waals surface area contributed by atoms with Crippen LogP contribution in [0.5, 0.6) is 0 Å². The Labute approximate surface area is 225 Å². The van der Waals surface area contributed by atoms with Crippen molar-refractivity contribution >= 4 is 20.1 Å². The number of H-pyrrole nitrogens is 1. The Balaban J connectivity index is 1.70. The maximum Gasteiger partial charge on any atom is 0.510 e. The van der Waals surface area contributed by atoms with E-state index in [-0.39, 0.29) is 0 Å². The van der Waals surface area contributed by atoms with E-state index < -0.39 is 81.2 Å². The molecule has 1 spiro atoms. The van der Waals surface area contributed by atoms with Crippen molar-refractivity contribution in [2.75, 3.05) is 34.5 Å². The summed E-state index contributed by atoms with van der Waals surface area (Å²) in [5, 5.41) is 0. The molecule has 17 nitrogen and oxygen atoms in total. The van der Waals surface area contributed by atoms with Gasteiger partial charge in [0.2, 0.25) is 19.4 Å². The Hall–Kier alpha value is -2.86. The van der Waals surface area contributed by atoms with Crippen molar-refractivity contribution < 1.29 is 65.3 Å². The Morgan fingerprint density at radius 1 is 1.10 bits per heavy atom. The molecule has 0 aromatic carbocycles. The fourth-order valence-electron chi connectivity index (χ4n) is 4.83. The zero-order valence-corrected chi connectivity index (χ0v) is 22.5. The second-order valence-corrected chi connectivity index (χ2v) is 10.7. The second kappa shape index (κ2) is 11.6. The first kappa shape index (κ1) is 30.1. The molecule has 0 bridgehead atoms. The SMILES string of the molecule is COC(=O)OCOP(=O)(OCOC(=O)OC)O[C@@]1(CF)O[C@@H](n2ccc(=O)[nH]c2=O)[C@]2(C)OC3(CCCC3)O[C@H]12. The molecule has 19 heteroatoms. The molecule has 1 N–H and O–H groups in total. The Morgan fingerprint density at radius 3 is 2.23 bits per heavy atom. The zero-order valence-electron chi connectivity index (χ0n) is 21.7. The van der Waals surface area contributed by atoms with E-state index in [9.17, 15) is 23.7 Å². The maximum atomic E-state index is 15.1. The molecular weight excluding hydrogens is 570 g/mol. The van der Waals surface area contributed by atoms with Crippen LogP contribution in [0.25, 0.3) is 0 Å². The highest BCUT2D eigenvalue weighted by atomic mass is 31.2. The van der Waals surface area contributed by atoms with Gasteiger partial charge in [-0.15, -0.1) is 0 Å². The lowest BCUT2D eigenvalue weighted by Gasteiger charge is -2.34. The lowest BCUT2D eigenvalue weighted by Crippen LogP contribution is -2.50. The highest BCUT2D eigenvalue weighted by Crippen LogP contribution is 2.63. The number of phosphoric acid groups is 1. The van der Waals surface area contributed by atoms with Gasteiger partial charge in [0, 0.05) is 25.1 Å². The summed E-state index contributed by atoms with van der Waals surface area (Å²) in [5.74, 6) is -3.82. The number of methoxy groups -OCH3 is 2. The summed E-state index contributed by atoms with van der Waals surface area (Å²) in [6, 6.07) is 1.03. The number of carbonyl (C=O) groups is 2. The van der Waals surface area contributed by atoms with E-state index in [0.29, 0.717) is 12.8 Å². The summed E-state index contributed by atoms with van der Waals surface area (Å²) in [6.07, 6.45) is -2.05. The number of fused-ring (bicyclic) bond motifs is 1. The molecule has 4 atom stereocenters. The first-order valence-corrected chi connectivity index (χ1v) is 13.3. The van der Waals surface area contributed by atoms with Crippen LogP contribution in [0.3, 0.4) is 0 Å². The predicted octanol–water partition coefficient (Wildman–Crippen LogP) is 1.81. The van der Waals surface area contributed by atoms with Gasteiger partial charge in [0.15, 0.2) is 18.1 Å². The van der Waals surface area contributed by atoms with E-state index in [1.165, 1.54) is 6.92 Å². The molecule has 4 rings (SSSR count). The maximum absolute atomic E-state index is 15.1. The smallest absolute Gasteiger partial charge is 0.438 e. The number of nitrogens with zero attached hydrogens (tertiary/aromatic N) is 1. The molecule has 1 aromatic rings. The minimum absolute atomic E-state index is 0.416. The molecule has 0 unspecified atom stereocenters. The molecule has 3 heterocycles. The van der Waals surface area contributed by atoms with Gasteiger partial charge in [-0.25, -0.2) is 36.9 Å². The van der Waals surface area contributed by atoms with E-state index in [1.807, 2.05) is 0 Å². The lowest BCUT2D eigenvalue weighted by atomic mass is 9.95. The normalized spacial score (nSPS) is 28.8. The average Bonchev–Trinajstić information content (AvgIpc) is 3.56. The molecule has 0 amide bonds. The van der Waals surface area contributed by atoms with E-state index in [4.69, 9.17) is 27.8 Å². The molecule has 0 radical (unpaired) electrons. The highest BCUT2D eigenvalue weighted by molar-refractivity contribution is 7.48. The Morgan fingerprint density at radius 2 is 1.70 bits per heavy atom. The molecule has 2 saturated heterocycles. The molecule has 1 saturated carbocycles. The number of hydrogen-bond donors (Lipinski definition) is 1. The quantitative estimate of drug-likeness (QED) is 0.232. The van der Waals surface area contributed by atoms with Gasteiger partial charge in [-0.2, -0.15) is 0 Å². The Bertz CT molecular complexity index is 1240. The van der Waals surface area contributed by atoms with Crippen LogP contribution in [0, 0.1) is 0 Å². The monoisotopic (exact) mass is 598 g/mol. The van der Waals surface area contributed by atoms with Crippen molar-refractivity contribution in [2.24, 2.45) is 0 Å². The molecule has 1 aromatic heterocycles. The van der Waals surface area contributed by atoms with Crippen molar-refractivity contribution in [3.8, 4) is 0 Å². The van der Waals surface area contributed by atoms with Crippen LogP contribution in [-0.2, 0) is 51.3 Å². The van der Waals surface area contributed by atoms with Crippen molar-refractivity contribution in [2.45, 2.75) is 62.1 Å². The first-order valence-electron chi connectivity index (χ1n) is 11.9. The number of alkyl halides is 1. The molecule has 1 aliphatic carbocycles. The van der Waals surface area contributed by atoms with Gasteiger partial charge in [-0.3, -0.25) is 14.3 Å². The van der Waals surface area contributed by atoms with Crippen LogP contribution in [0.4, 0.5) is 14.0 Å². The van der Waals surface area contributed by atoms with Gasteiger partial charge in [0.05, 0.1) is 14.2 Å². The fraction of sp³-hybridized carbons (Fsp3) is 0.714.